The molecule has 96 valence electrons. The Balaban J connectivity index is 1.66. The lowest BCUT2D eigenvalue weighted by molar-refractivity contribution is -0.118. The molecule has 0 radical (unpaired) electrons. The van der Waals surface area contributed by atoms with E-state index >= 15 is 0 Å². The summed E-state index contributed by atoms with van der Waals surface area (Å²) in [5.74, 6) is 0.953. The number of aryl methyl sites for hydroxylation is 1. The maximum atomic E-state index is 12.3. The summed E-state index contributed by atoms with van der Waals surface area (Å²) in [5.41, 5.74) is 2.28. The van der Waals surface area contributed by atoms with Crippen molar-refractivity contribution >= 4 is 23.4 Å². The van der Waals surface area contributed by atoms with Gasteiger partial charge in [-0.15, -0.1) is 11.8 Å². The number of rotatable bonds is 3. The van der Waals surface area contributed by atoms with Gasteiger partial charge in [0, 0.05) is 11.3 Å². The van der Waals surface area contributed by atoms with E-state index in [0.717, 1.165) is 18.0 Å². The normalized spacial score (nSPS) is 13.4. The Morgan fingerprint density at radius 3 is 2.63 bits per heavy atom. The molecule has 3 heteroatoms. The van der Waals surface area contributed by atoms with E-state index in [1.54, 1.807) is 11.8 Å². The minimum Gasteiger partial charge on any atom is -0.301 e. The summed E-state index contributed by atoms with van der Waals surface area (Å²) in [6.45, 7) is 0. The number of amides is 1. The smallest absolute Gasteiger partial charge is 0.228 e. The standard InChI is InChI=1S/C16H15NOS/c18-16(11-10-13-6-2-1-3-7-13)17-12-19-15-9-5-4-8-14(15)17/h1-9H,10-12H2. The quantitative estimate of drug-likeness (QED) is 0.846. The Labute approximate surface area is 117 Å². The second kappa shape index (κ2) is 5.49. The van der Waals surface area contributed by atoms with Crippen molar-refractivity contribution in [1.82, 2.24) is 0 Å². The summed E-state index contributed by atoms with van der Waals surface area (Å²) in [6.07, 6.45) is 1.38. The van der Waals surface area contributed by atoms with Crippen molar-refractivity contribution in [2.45, 2.75) is 17.7 Å². The van der Waals surface area contributed by atoms with Gasteiger partial charge in [0.2, 0.25) is 5.91 Å². The first-order chi connectivity index (χ1) is 9.34. The molecule has 2 nitrogen and oxygen atoms in total. The fourth-order valence-corrected chi connectivity index (χ4v) is 3.30. The second-order valence-corrected chi connectivity index (χ2v) is 5.54. The summed E-state index contributed by atoms with van der Waals surface area (Å²) < 4.78 is 0. The van der Waals surface area contributed by atoms with Crippen LogP contribution in [0.4, 0.5) is 5.69 Å². The number of thioether (sulfide) groups is 1. The molecule has 1 amide bonds. The number of hydrogen-bond donors (Lipinski definition) is 0. The average molecular weight is 269 g/mol. The topological polar surface area (TPSA) is 20.3 Å². The van der Waals surface area contributed by atoms with E-state index in [9.17, 15) is 4.79 Å². The van der Waals surface area contributed by atoms with E-state index in [4.69, 9.17) is 0 Å². The van der Waals surface area contributed by atoms with Gasteiger partial charge in [-0.25, -0.2) is 0 Å². The maximum absolute atomic E-state index is 12.3. The Bertz CT molecular complexity index is 582. The van der Waals surface area contributed by atoms with Crippen molar-refractivity contribution in [2.24, 2.45) is 0 Å². The lowest BCUT2D eigenvalue weighted by Crippen LogP contribution is -2.27. The summed E-state index contributed by atoms with van der Waals surface area (Å²) in [7, 11) is 0. The van der Waals surface area contributed by atoms with Gasteiger partial charge in [-0.3, -0.25) is 4.79 Å². The van der Waals surface area contributed by atoms with Gasteiger partial charge in [0.05, 0.1) is 11.6 Å². The first kappa shape index (κ1) is 12.3. The van der Waals surface area contributed by atoms with Gasteiger partial charge in [-0.05, 0) is 24.1 Å². The van der Waals surface area contributed by atoms with Gasteiger partial charge in [0.1, 0.15) is 0 Å². The zero-order chi connectivity index (χ0) is 13.1. The van der Waals surface area contributed by atoms with Crippen molar-refractivity contribution in [3.05, 3.63) is 60.2 Å². The maximum Gasteiger partial charge on any atom is 0.228 e. The van der Waals surface area contributed by atoms with Crippen molar-refractivity contribution in [1.29, 1.82) is 0 Å². The third kappa shape index (κ3) is 2.66. The molecule has 0 bridgehead atoms. The van der Waals surface area contributed by atoms with Gasteiger partial charge < -0.3 is 4.90 Å². The molecule has 0 saturated heterocycles. The fourth-order valence-electron chi connectivity index (χ4n) is 2.24. The first-order valence-corrected chi connectivity index (χ1v) is 7.39. The Morgan fingerprint density at radius 2 is 1.79 bits per heavy atom. The van der Waals surface area contributed by atoms with Crippen molar-refractivity contribution < 1.29 is 4.79 Å². The minimum absolute atomic E-state index is 0.210. The summed E-state index contributed by atoms with van der Waals surface area (Å²) in [4.78, 5) is 15.4. The van der Waals surface area contributed by atoms with Crippen LogP contribution in [0.15, 0.2) is 59.5 Å². The number of para-hydroxylation sites is 1. The summed E-state index contributed by atoms with van der Waals surface area (Å²) >= 11 is 1.73. The highest BCUT2D eigenvalue weighted by Crippen LogP contribution is 2.38. The minimum atomic E-state index is 0.210. The molecule has 0 unspecified atom stereocenters. The molecule has 0 saturated carbocycles. The molecule has 0 atom stereocenters. The number of hydrogen-bond acceptors (Lipinski definition) is 2. The SMILES string of the molecule is O=C(CCc1ccccc1)N1CSc2ccccc21. The van der Waals surface area contributed by atoms with Gasteiger partial charge in [0.25, 0.3) is 0 Å². The van der Waals surface area contributed by atoms with E-state index in [2.05, 4.69) is 18.2 Å². The molecule has 1 aliphatic heterocycles. The molecular weight excluding hydrogens is 254 g/mol. The van der Waals surface area contributed by atoms with Crippen LogP contribution < -0.4 is 4.90 Å². The fraction of sp³-hybridized carbons (Fsp3) is 0.188. The molecule has 2 aromatic rings. The van der Waals surface area contributed by atoms with Crippen LogP contribution in [0.3, 0.4) is 0 Å². The zero-order valence-corrected chi connectivity index (χ0v) is 11.4. The monoisotopic (exact) mass is 269 g/mol. The van der Waals surface area contributed by atoms with E-state index in [1.165, 1.54) is 10.5 Å². The Hall–Kier alpha value is -1.74. The van der Waals surface area contributed by atoms with Crippen LogP contribution >= 0.6 is 11.8 Å². The highest BCUT2D eigenvalue weighted by Gasteiger charge is 2.24. The predicted octanol–water partition coefficient (Wildman–Crippen LogP) is 3.72. The van der Waals surface area contributed by atoms with Crippen LogP contribution in [0, 0.1) is 0 Å². The third-order valence-electron chi connectivity index (χ3n) is 3.28. The number of anilines is 1. The lowest BCUT2D eigenvalue weighted by atomic mass is 10.1. The van der Waals surface area contributed by atoms with Crippen LogP contribution in [-0.4, -0.2) is 11.8 Å². The molecule has 2 aromatic carbocycles. The molecule has 0 aliphatic carbocycles. The molecule has 0 aromatic heterocycles. The highest BCUT2D eigenvalue weighted by atomic mass is 32.2. The van der Waals surface area contributed by atoms with Crippen LogP contribution in [-0.2, 0) is 11.2 Å². The number of fused-ring (bicyclic) bond motifs is 1. The van der Waals surface area contributed by atoms with E-state index in [1.807, 2.05) is 41.3 Å². The Morgan fingerprint density at radius 1 is 1.05 bits per heavy atom. The summed E-state index contributed by atoms with van der Waals surface area (Å²) in [6, 6.07) is 18.3. The van der Waals surface area contributed by atoms with E-state index in [-0.39, 0.29) is 5.91 Å². The highest BCUT2D eigenvalue weighted by molar-refractivity contribution is 8.00. The van der Waals surface area contributed by atoms with E-state index < -0.39 is 0 Å². The number of benzene rings is 2. The predicted molar refractivity (Wildman–Crippen MR) is 79.4 cm³/mol. The van der Waals surface area contributed by atoms with Crippen molar-refractivity contribution in [2.75, 3.05) is 10.8 Å². The molecule has 1 heterocycles. The van der Waals surface area contributed by atoms with Gasteiger partial charge in [-0.1, -0.05) is 42.5 Å². The molecule has 19 heavy (non-hydrogen) atoms. The third-order valence-corrected chi connectivity index (χ3v) is 4.32. The van der Waals surface area contributed by atoms with Crippen LogP contribution in [0.1, 0.15) is 12.0 Å². The zero-order valence-electron chi connectivity index (χ0n) is 10.6. The van der Waals surface area contributed by atoms with Crippen molar-refractivity contribution in [3.63, 3.8) is 0 Å². The van der Waals surface area contributed by atoms with Gasteiger partial charge in [-0.2, -0.15) is 0 Å². The van der Waals surface area contributed by atoms with Crippen LogP contribution in [0.25, 0.3) is 0 Å². The van der Waals surface area contributed by atoms with Crippen LogP contribution in [0.2, 0.25) is 0 Å². The van der Waals surface area contributed by atoms with Gasteiger partial charge >= 0.3 is 0 Å². The molecule has 1 aliphatic rings. The van der Waals surface area contributed by atoms with Crippen LogP contribution in [0.5, 0.6) is 0 Å². The molecule has 0 N–H and O–H groups in total. The Kier molecular flexibility index (Phi) is 3.56. The second-order valence-electron chi connectivity index (χ2n) is 4.55. The first-order valence-electron chi connectivity index (χ1n) is 6.41. The molecule has 0 spiro atoms. The van der Waals surface area contributed by atoms with Gasteiger partial charge in [0.15, 0.2) is 0 Å². The molecular formula is C16H15NOS. The largest absolute Gasteiger partial charge is 0.301 e. The summed E-state index contributed by atoms with van der Waals surface area (Å²) in [5, 5.41) is 0. The molecule has 3 rings (SSSR count). The van der Waals surface area contributed by atoms with E-state index in [0.29, 0.717) is 6.42 Å². The number of carbonyl (C=O) groups is 1. The average Bonchev–Trinajstić information content (AvgIpc) is 2.90. The number of carbonyl (C=O) groups excluding carboxylic acids is 1. The van der Waals surface area contributed by atoms with Crippen molar-refractivity contribution in [3.8, 4) is 0 Å². The number of nitrogens with zero attached hydrogens (tertiary/aromatic N) is 1. The lowest BCUT2D eigenvalue weighted by Gasteiger charge is -2.16. The molecule has 0 fully saturated rings.